The zero-order chi connectivity index (χ0) is 13.9. The Morgan fingerprint density at radius 1 is 1.45 bits per heavy atom. The van der Waals surface area contributed by atoms with Gasteiger partial charge in [0.1, 0.15) is 5.82 Å². The van der Waals surface area contributed by atoms with E-state index >= 15 is 0 Å². The summed E-state index contributed by atoms with van der Waals surface area (Å²) in [5.41, 5.74) is 2.23. The second-order valence-corrected chi connectivity index (χ2v) is 6.26. The molecule has 0 amide bonds. The van der Waals surface area contributed by atoms with Gasteiger partial charge in [-0.1, -0.05) is 28.1 Å². The second-order valence-electron chi connectivity index (χ2n) is 5.34. The van der Waals surface area contributed by atoms with Crippen LogP contribution in [0.4, 0.5) is 0 Å². The number of hydrogen-bond acceptors (Lipinski definition) is 3. The predicted molar refractivity (Wildman–Crippen MR) is 84.5 cm³/mol. The number of aromatic amines is 1. The van der Waals surface area contributed by atoms with Crippen LogP contribution < -0.4 is 5.32 Å². The third kappa shape index (κ3) is 3.29. The van der Waals surface area contributed by atoms with Crippen molar-refractivity contribution in [2.75, 3.05) is 19.6 Å². The Balaban J connectivity index is 1.70. The number of aromatic nitrogens is 2. The van der Waals surface area contributed by atoms with Gasteiger partial charge in [-0.25, -0.2) is 4.98 Å². The number of hydrogen-bond donors (Lipinski definition) is 2. The van der Waals surface area contributed by atoms with E-state index in [1.54, 1.807) is 0 Å². The van der Waals surface area contributed by atoms with Gasteiger partial charge in [-0.2, -0.15) is 0 Å². The van der Waals surface area contributed by atoms with Crippen LogP contribution in [0.15, 0.2) is 34.9 Å². The van der Waals surface area contributed by atoms with Crippen molar-refractivity contribution in [3.63, 3.8) is 0 Å². The van der Waals surface area contributed by atoms with Crippen LogP contribution in [0, 0.1) is 0 Å². The number of nitrogens with one attached hydrogen (secondary N) is 2. The lowest BCUT2D eigenvalue weighted by atomic mass is 10.2. The molecule has 1 aliphatic heterocycles. The summed E-state index contributed by atoms with van der Waals surface area (Å²) in [6, 6.07) is 8.82. The molecule has 0 saturated carbocycles. The summed E-state index contributed by atoms with van der Waals surface area (Å²) in [4.78, 5) is 10.4. The quantitative estimate of drug-likeness (QED) is 0.906. The molecule has 0 spiro atoms. The number of halogens is 1. The standard InChI is InChI=1S/C15H19BrN4/c1-11-9-20(6-5-17-11)10-15-18-8-14(19-15)12-3-2-4-13(16)7-12/h2-4,7-8,11,17H,5-6,9-10H2,1H3,(H,18,19)/t11-/m0/s1. The normalized spacial score (nSPS) is 20.2. The van der Waals surface area contributed by atoms with Gasteiger partial charge in [0.25, 0.3) is 0 Å². The zero-order valence-corrected chi connectivity index (χ0v) is 13.2. The van der Waals surface area contributed by atoms with E-state index in [2.05, 4.69) is 55.2 Å². The number of rotatable bonds is 3. The van der Waals surface area contributed by atoms with E-state index < -0.39 is 0 Å². The molecule has 106 valence electrons. The van der Waals surface area contributed by atoms with Crippen LogP contribution in [0.5, 0.6) is 0 Å². The van der Waals surface area contributed by atoms with Gasteiger partial charge in [0.15, 0.2) is 0 Å². The summed E-state index contributed by atoms with van der Waals surface area (Å²) in [7, 11) is 0. The molecule has 1 fully saturated rings. The average Bonchev–Trinajstić information content (AvgIpc) is 2.87. The van der Waals surface area contributed by atoms with Gasteiger partial charge < -0.3 is 10.3 Å². The third-order valence-electron chi connectivity index (χ3n) is 3.59. The van der Waals surface area contributed by atoms with Crippen molar-refractivity contribution in [2.45, 2.75) is 19.5 Å². The molecule has 1 atom stereocenters. The number of benzene rings is 1. The highest BCUT2D eigenvalue weighted by molar-refractivity contribution is 9.10. The van der Waals surface area contributed by atoms with E-state index in [0.29, 0.717) is 6.04 Å². The summed E-state index contributed by atoms with van der Waals surface area (Å²) < 4.78 is 1.09. The molecule has 0 unspecified atom stereocenters. The maximum atomic E-state index is 4.51. The lowest BCUT2D eigenvalue weighted by Gasteiger charge is -2.31. The predicted octanol–water partition coefficient (Wildman–Crippen LogP) is 2.63. The summed E-state index contributed by atoms with van der Waals surface area (Å²) in [5.74, 6) is 1.04. The van der Waals surface area contributed by atoms with Crippen LogP contribution in [0.1, 0.15) is 12.7 Å². The minimum absolute atomic E-state index is 0.559. The van der Waals surface area contributed by atoms with Crippen LogP contribution in [-0.4, -0.2) is 40.5 Å². The van der Waals surface area contributed by atoms with E-state index in [0.717, 1.165) is 47.7 Å². The lowest BCUT2D eigenvalue weighted by Crippen LogP contribution is -2.48. The highest BCUT2D eigenvalue weighted by atomic mass is 79.9. The van der Waals surface area contributed by atoms with Crippen LogP contribution in [0.25, 0.3) is 11.3 Å². The second kappa shape index (κ2) is 6.08. The summed E-state index contributed by atoms with van der Waals surface area (Å²) >= 11 is 3.50. The van der Waals surface area contributed by atoms with Crippen molar-refractivity contribution >= 4 is 15.9 Å². The molecule has 2 heterocycles. The van der Waals surface area contributed by atoms with E-state index in [-0.39, 0.29) is 0 Å². The number of nitrogens with zero attached hydrogens (tertiary/aromatic N) is 2. The Morgan fingerprint density at radius 3 is 3.15 bits per heavy atom. The summed E-state index contributed by atoms with van der Waals surface area (Å²) in [6.45, 7) is 6.33. The van der Waals surface area contributed by atoms with Crippen LogP contribution in [-0.2, 0) is 6.54 Å². The Hall–Kier alpha value is -1.17. The number of imidazole rings is 1. The molecule has 1 aromatic carbocycles. The highest BCUT2D eigenvalue weighted by Crippen LogP contribution is 2.21. The van der Waals surface area contributed by atoms with Crippen LogP contribution >= 0.6 is 15.9 Å². The Labute approximate surface area is 127 Å². The molecule has 1 aromatic heterocycles. The largest absolute Gasteiger partial charge is 0.341 e. The fraction of sp³-hybridized carbons (Fsp3) is 0.400. The van der Waals surface area contributed by atoms with E-state index in [1.165, 1.54) is 0 Å². The van der Waals surface area contributed by atoms with Gasteiger partial charge >= 0.3 is 0 Å². The van der Waals surface area contributed by atoms with E-state index in [1.807, 2.05) is 18.3 Å². The molecule has 20 heavy (non-hydrogen) atoms. The van der Waals surface area contributed by atoms with Gasteiger partial charge in [0.05, 0.1) is 18.4 Å². The Morgan fingerprint density at radius 2 is 2.35 bits per heavy atom. The van der Waals surface area contributed by atoms with Gasteiger partial charge in [-0.3, -0.25) is 4.90 Å². The molecule has 5 heteroatoms. The minimum Gasteiger partial charge on any atom is -0.341 e. The van der Waals surface area contributed by atoms with Crippen molar-refractivity contribution in [1.82, 2.24) is 20.2 Å². The fourth-order valence-corrected chi connectivity index (χ4v) is 3.01. The van der Waals surface area contributed by atoms with Crippen molar-refractivity contribution in [2.24, 2.45) is 0 Å². The summed E-state index contributed by atoms with van der Waals surface area (Å²) in [6.07, 6.45) is 1.92. The molecule has 3 rings (SSSR count). The highest BCUT2D eigenvalue weighted by Gasteiger charge is 2.16. The first kappa shape index (κ1) is 13.8. The van der Waals surface area contributed by atoms with Crippen LogP contribution in [0.2, 0.25) is 0 Å². The molecule has 0 bridgehead atoms. The topological polar surface area (TPSA) is 44.0 Å². The van der Waals surface area contributed by atoms with Gasteiger partial charge in [-0.15, -0.1) is 0 Å². The third-order valence-corrected chi connectivity index (χ3v) is 4.08. The maximum absolute atomic E-state index is 4.51. The molecule has 4 nitrogen and oxygen atoms in total. The van der Waals surface area contributed by atoms with Gasteiger partial charge in [0.2, 0.25) is 0 Å². The zero-order valence-electron chi connectivity index (χ0n) is 11.6. The van der Waals surface area contributed by atoms with Crippen molar-refractivity contribution in [3.05, 3.63) is 40.8 Å². The number of H-pyrrole nitrogens is 1. The summed E-state index contributed by atoms with van der Waals surface area (Å²) in [5, 5.41) is 3.46. The molecule has 2 N–H and O–H groups in total. The molecule has 2 aromatic rings. The number of piperazine rings is 1. The molecule has 1 saturated heterocycles. The Kier molecular flexibility index (Phi) is 4.19. The molecule has 1 aliphatic rings. The first-order valence-corrected chi connectivity index (χ1v) is 7.75. The molecule has 0 radical (unpaired) electrons. The van der Waals surface area contributed by atoms with Gasteiger partial charge in [0, 0.05) is 35.7 Å². The first-order valence-electron chi connectivity index (χ1n) is 6.96. The SMILES string of the molecule is C[C@H]1CN(Cc2ncc(-c3cccc(Br)c3)[nH]2)CCN1. The maximum Gasteiger partial charge on any atom is 0.120 e. The van der Waals surface area contributed by atoms with E-state index in [9.17, 15) is 0 Å². The van der Waals surface area contributed by atoms with Crippen molar-refractivity contribution in [3.8, 4) is 11.3 Å². The first-order chi connectivity index (χ1) is 9.70. The fourth-order valence-electron chi connectivity index (χ4n) is 2.61. The molecule has 0 aliphatic carbocycles. The average molecular weight is 335 g/mol. The van der Waals surface area contributed by atoms with E-state index in [4.69, 9.17) is 0 Å². The van der Waals surface area contributed by atoms with Crippen molar-refractivity contribution in [1.29, 1.82) is 0 Å². The molecular weight excluding hydrogens is 316 g/mol. The monoisotopic (exact) mass is 334 g/mol. The van der Waals surface area contributed by atoms with Crippen LogP contribution in [0.3, 0.4) is 0 Å². The lowest BCUT2D eigenvalue weighted by molar-refractivity contribution is 0.196. The van der Waals surface area contributed by atoms with Crippen molar-refractivity contribution < 1.29 is 0 Å². The van der Waals surface area contributed by atoms with Gasteiger partial charge in [-0.05, 0) is 19.1 Å². The Bertz CT molecular complexity index is 581. The molecular formula is C15H19BrN4. The smallest absolute Gasteiger partial charge is 0.120 e. The minimum atomic E-state index is 0.559.